The minimum absolute atomic E-state index is 0.562. The lowest BCUT2D eigenvalue weighted by Gasteiger charge is -2.01. The second kappa shape index (κ2) is 5.36. The number of furan rings is 1. The zero-order chi connectivity index (χ0) is 14.7. The topological polar surface area (TPSA) is 60.7 Å². The Morgan fingerprint density at radius 2 is 1.05 bits per heavy atom. The third-order valence-corrected chi connectivity index (χ3v) is 3.23. The van der Waals surface area contributed by atoms with Gasteiger partial charge in [-0.1, -0.05) is 24.3 Å². The van der Waals surface area contributed by atoms with Gasteiger partial charge in [0.1, 0.15) is 11.5 Å². The molecule has 0 fully saturated rings. The standard InChI is InChI=1S/C18H10N2O/c19-11-13-5-1-3-7-15(13)17-9-10-18(21-17)16-8-4-2-6-14(16)12-20/h1-10H. The molecular formula is C18H10N2O. The lowest BCUT2D eigenvalue weighted by atomic mass is 10.1. The Morgan fingerprint density at radius 3 is 1.48 bits per heavy atom. The van der Waals surface area contributed by atoms with Crippen LogP contribution in [0, 0.1) is 22.7 Å². The van der Waals surface area contributed by atoms with Crippen LogP contribution in [-0.4, -0.2) is 0 Å². The lowest BCUT2D eigenvalue weighted by Crippen LogP contribution is -1.82. The van der Waals surface area contributed by atoms with Crippen molar-refractivity contribution in [1.29, 1.82) is 10.5 Å². The molecule has 98 valence electrons. The zero-order valence-corrected chi connectivity index (χ0v) is 11.1. The van der Waals surface area contributed by atoms with Gasteiger partial charge < -0.3 is 4.42 Å². The van der Waals surface area contributed by atoms with Crippen molar-refractivity contribution in [2.75, 3.05) is 0 Å². The van der Waals surface area contributed by atoms with Gasteiger partial charge in [0.05, 0.1) is 23.3 Å². The lowest BCUT2D eigenvalue weighted by molar-refractivity contribution is 0.597. The summed E-state index contributed by atoms with van der Waals surface area (Å²) in [6, 6.07) is 22.5. The van der Waals surface area contributed by atoms with E-state index in [1.807, 2.05) is 48.5 Å². The molecule has 0 radical (unpaired) electrons. The summed E-state index contributed by atoms with van der Waals surface area (Å²) in [5, 5.41) is 18.3. The fourth-order valence-corrected chi connectivity index (χ4v) is 2.22. The highest BCUT2D eigenvalue weighted by Gasteiger charge is 2.12. The van der Waals surface area contributed by atoms with Crippen molar-refractivity contribution in [3.05, 3.63) is 71.8 Å². The SMILES string of the molecule is N#Cc1ccccc1-c1ccc(-c2ccccc2C#N)o1. The first-order valence-electron chi connectivity index (χ1n) is 6.42. The molecule has 0 aliphatic rings. The van der Waals surface area contributed by atoms with Gasteiger partial charge >= 0.3 is 0 Å². The Hall–Kier alpha value is -3.30. The van der Waals surface area contributed by atoms with Crippen molar-refractivity contribution in [2.45, 2.75) is 0 Å². The maximum Gasteiger partial charge on any atom is 0.136 e. The van der Waals surface area contributed by atoms with Crippen molar-refractivity contribution >= 4 is 0 Å². The van der Waals surface area contributed by atoms with Crippen LogP contribution in [0.15, 0.2) is 65.1 Å². The van der Waals surface area contributed by atoms with Crippen molar-refractivity contribution in [1.82, 2.24) is 0 Å². The number of hydrogen-bond donors (Lipinski definition) is 0. The summed E-state index contributed by atoms with van der Waals surface area (Å²) < 4.78 is 5.84. The van der Waals surface area contributed by atoms with Gasteiger partial charge in [0.25, 0.3) is 0 Å². The van der Waals surface area contributed by atoms with Crippen LogP contribution < -0.4 is 0 Å². The largest absolute Gasteiger partial charge is 0.456 e. The molecule has 1 aromatic heterocycles. The van der Waals surface area contributed by atoms with E-state index < -0.39 is 0 Å². The average Bonchev–Trinajstić information content (AvgIpc) is 3.04. The average molecular weight is 270 g/mol. The molecule has 0 spiro atoms. The van der Waals surface area contributed by atoms with Gasteiger partial charge in [-0.05, 0) is 36.4 Å². The van der Waals surface area contributed by atoms with Gasteiger partial charge in [0, 0.05) is 11.1 Å². The fraction of sp³-hybridized carbons (Fsp3) is 0. The molecule has 2 aromatic carbocycles. The van der Waals surface area contributed by atoms with E-state index in [2.05, 4.69) is 12.1 Å². The van der Waals surface area contributed by atoms with E-state index in [9.17, 15) is 0 Å². The summed E-state index contributed by atoms with van der Waals surface area (Å²) in [6.45, 7) is 0. The van der Waals surface area contributed by atoms with E-state index in [4.69, 9.17) is 14.9 Å². The summed E-state index contributed by atoms with van der Waals surface area (Å²) in [5.74, 6) is 1.24. The van der Waals surface area contributed by atoms with Gasteiger partial charge in [0.15, 0.2) is 0 Å². The smallest absolute Gasteiger partial charge is 0.136 e. The fourth-order valence-electron chi connectivity index (χ4n) is 2.22. The summed E-state index contributed by atoms with van der Waals surface area (Å²) in [5.41, 5.74) is 2.63. The quantitative estimate of drug-likeness (QED) is 0.695. The van der Waals surface area contributed by atoms with Gasteiger partial charge in [-0.2, -0.15) is 10.5 Å². The van der Waals surface area contributed by atoms with Crippen LogP contribution in [0.1, 0.15) is 11.1 Å². The summed E-state index contributed by atoms with van der Waals surface area (Å²) in [7, 11) is 0. The predicted molar refractivity (Wildman–Crippen MR) is 79.0 cm³/mol. The van der Waals surface area contributed by atoms with Crippen LogP contribution >= 0.6 is 0 Å². The van der Waals surface area contributed by atoms with E-state index in [0.717, 1.165) is 11.1 Å². The molecule has 3 aromatic rings. The Balaban J connectivity index is 2.09. The molecule has 0 atom stereocenters. The van der Waals surface area contributed by atoms with Crippen LogP contribution in [-0.2, 0) is 0 Å². The van der Waals surface area contributed by atoms with Gasteiger partial charge in [-0.15, -0.1) is 0 Å². The Labute approximate surface area is 122 Å². The highest BCUT2D eigenvalue weighted by Crippen LogP contribution is 2.31. The first-order chi connectivity index (χ1) is 10.3. The highest BCUT2D eigenvalue weighted by atomic mass is 16.3. The maximum absolute atomic E-state index is 9.15. The van der Waals surface area contributed by atoms with E-state index in [-0.39, 0.29) is 0 Å². The first-order valence-corrected chi connectivity index (χ1v) is 6.42. The Kier molecular flexibility index (Phi) is 3.25. The van der Waals surface area contributed by atoms with Gasteiger partial charge in [-0.3, -0.25) is 0 Å². The normalized spacial score (nSPS) is 9.81. The van der Waals surface area contributed by atoms with Crippen molar-refractivity contribution in [2.24, 2.45) is 0 Å². The number of benzene rings is 2. The molecule has 0 amide bonds. The minimum atomic E-state index is 0.562. The van der Waals surface area contributed by atoms with Crippen LogP contribution in [0.4, 0.5) is 0 Å². The number of hydrogen-bond acceptors (Lipinski definition) is 3. The van der Waals surface area contributed by atoms with Crippen molar-refractivity contribution in [3.8, 4) is 34.8 Å². The van der Waals surface area contributed by atoms with Crippen LogP contribution in [0.2, 0.25) is 0 Å². The predicted octanol–water partition coefficient (Wildman–Crippen LogP) is 4.36. The summed E-state index contributed by atoms with van der Waals surface area (Å²) in [6.07, 6.45) is 0. The number of nitriles is 2. The maximum atomic E-state index is 9.15. The van der Waals surface area contributed by atoms with E-state index in [1.54, 1.807) is 12.1 Å². The molecule has 0 saturated carbocycles. The molecule has 0 aliphatic heterocycles. The van der Waals surface area contributed by atoms with E-state index in [0.29, 0.717) is 22.6 Å². The summed E-state index contributed by atoms with van der Waals surface area (Å²) in [4.78, 5) is 0. The Morgan fingerprint density at radius 1 is 0.619 bits per heavy atom. The van der Waals surface area contributed by atoms with Crippen LogP contribution in [0.5, 0.6) is 0 Å². The monoisotopic (exact) mass is 270 g/mol. The third kappa shape index (κ3) is 2.29. The summed E-state index contributed by atoms with van der Waals surface area (Å²) >= 11 is 0. The molecule has 0 unspecified atom stereocenters. The van der Waals surface area contributed by atoms with Gasteiger partial charge in [0.2, 0.25) is 0 Å². The van der Waals surface area contributed by atoms with Crippen LogP contribution in [0.3, 0.4) is 0 Å². The molecule has 3 heteroatoms. The van der Waals surface area contributed by atoms with Gasteiger partial charge in [-0.25, -0.2) is 0 Å². The second-order valence-corrected chi connectivity index (χ2v) is 4.48. The third-order valence-electron chi connectivity index (χ3n) is 3.23. The highest BCUT2D eigenvalue weighted by molar-refractivity contribution is 5.71. The van der Waals surface area contributed by atoms with Crippen LogP contribution in [0.25, 0.3) is 22.6 Å². The first kappa shape index (κ1) is 12.7. The molecule has 0 bridgehead atoms. The number of rotatable bonds is 2. The molecule has 0 aliphatic carbocycles. The molecule has 21 heavy (non-hydrogen) atoms. The molecule has 3 nitrogen and oxygen atoms in total. The molecule has 3 rings (SSSR count). The molecular weight excluding hydrogens is 260 g/mol. The van der Waals surface area contributed by atoms with E-state index >= 15 is 0 Å². The Bertz CT molecular complexity index is 806. The number of nitrogens with zero attached hydrogens (tertiary/aromatic N) is 2. The molecule has 0 N–H and O–H groups in total. The van der Waals surface area contributed by atoms with Crippen molar-refractivity contribution in [3.63, 3.8) is 0 Å². The van der Waals surface area contributed by atoms with Crippen molar-refractivity contribution < 1.29 is 4.42 Å². The molecule has 1 heterocycles. The second-order valence-electron chi connectivity index (χ2n) is 4.48. The molecule has 0 saturated heterocycles. The van der Waals surface area contributed by atoms with E-state index in [1.165, 1.54) is 0 Å². The zero-order valence-electron chi connectivity index (χ0n) is 11.1. The minimum Gasteiger partial charge on any atom is -0.456 e.